The largest absolute Gasteiger partial charge is 0.496 e. The minimum atomic E-state index is -4.00. The molecular formula is C16H25N3O7S2. The number of hydrogen-bond donors (Lipinski definition) is 2. The van der Waals surface area contributed by atoms with Crippen LogP contribution in [0.25, 0.3) is 0 Å². The third-order valence-corrected chi connectivity index (χ3v) is 6.89. The first-order chi connectivity index (χ1) is 12.9. The van der Waals surface area contributed by atoms with Crippen LogP contribution in [-0.4, -0.2) is 71.8 Å². The molecule has 158 valence electrons. The third-order valence-electron chi connectivity index (χ3n) is 4.17. The van der Waals surface area contributed by atoms with Gasteiger partial charge in [-0.1, -0.05) is 0 Å². The number of ether oxygens (including phenoxy) is 2. The van der Waals surface area contributed by atoms with E-state index in [0.29, 0.717) is 0 Å². The van der Waals surface area contributed by atoms with E-state index in [-0.39, 0.29) is 53.8 Å². The summed E-state index contributed by atoms with van der Waals surface area (Å²) in [6, 6.07) is 3.61. The van der Waals surface area contributed by atoms with E-state index in [2.05, 4.69) is 5.32 Å². The maximum Gasteiger partial charge on any atom is 0.255 e. The molecule has 2 rings (SSSR count). The van der Waals surface area contributed by atoms with Crippen LogP contribution < -0.4 is 15.2 Å². The number of nitrogens with zero attached hydrogens (tertiary/aromatic N) is 1. The standard InChI is InChI=1S/C16H25N3O7S2/c1-11-9-19(10-12(2)26-11)27(21,22)7-6-18-16(20)14-8-13(28(17,23)24)4-5-15(14)25-3/h4-5,8,11-12H,6-7,9-10H2,1-3H3,(H,18,20)(H2,17,23,24). The van der Waals surface area contributed by atoms with Gasteiger partial charge in [0.05, 0.1) is 35.5 Å². The quantitative estimate of drug-likeness (QED) is 0.588. The van der Waals surface area contributed by atoms with E-state index in [9.17, 15) is 21.6 Å². The van der Waals surface area contributed by atoms with E-state index < -0.39 is 26.0 Å². The van der Waals surface area contributed by atoms with Crippen LogP contribution in [-0.2, 0) is 24.8 Å². The minimum Gasteiger partial charge on any atom is -0.496 e. The topological polar surface area (TPSA) is 145 Å². The summed E-state index contributed by atoms with van der Waals surface area (Å²) in [7, 11) is -6.26. The summed E-state index contributed by atoms with van der Waals surface area (Å²) < 4.78 is 59.9. The van der Waals surface area contributed by atoms with Crippen molar-refractivity contribution in [3.8, 4) is 5.75 Å². The maximum absolute atomic E-state index is 12.5. The first-order valence-electron chi connectivity index (χ1n) is 8.56. The lowest BCUT2D eigenvalue weighted by Crippen LogP contribution is -2.49. The van der Waals surface area contributed by atoms with E-state index >= 15 is 0 Å². The van der Waals surface area contributed by atoms with Crippen LogP contribution in [0.2, 0.25) is 0 Å². The summed E-state index contributed by atoms with van der Waals surface area (Å²) >= 11 is 0. The Morgan fingerprint density at radius 2 is 1.86 bits per heavy atom. The molecule has 2 unspecified atom stereocenters. The number of hydrogen-bond acceptors (Lipinski definition) is 7. The zero-order valence-electron chi connectivity index (χ0n) is 15.9. The average Bonchev–Trinajstić information content (AvgIpc) is 2.59. The van der Waals surface area contributed by atoms with Crippen LogP contribution in [0.5, 0.6) is 5.75 Å². The van der Waals surface area contributed by atoms with Gasteiger partial charge < -0.3 is 14.8 Å². The number of primary sulfonamides is 1. The molecule has 0 aromatic heterocycles. The number of carbonyl (C=O) groups is 1. The van der Waals surface area contributed by atoms with Gasteiger partial charge in [-0.2, -0.15) is 4.31 Å². The zero-order chi connectivity index (χ0) is 21.1. The molecule has 28 heavy (non-hydrogen) atoms. The molecule has 1 saturated heterocycles. The average molecular weight is 436 g/mol. The molecule has 1 aliphatic heterocycles. The Labute approximate surface area is 165 Å². The summed E-state index contributed by atoms with van der Waals surface area (Å²) in [6.45, 7) is 3.95. The van der Waals surface area contributed by atoms with Gasteiger partial charge in [-0.15, -0.1) is 0 Å². The van der Waals surface area contributed by atoms with Crippen molar-refractivity contribution in [2.24, 2.45) is 5.14 Å². The minimum absolute atomic E-state index is 0.0555. The summed E-state index contributed by atoms with van der Waals surface area (Å²) in [5, 5.41) is 7.56. The molecule has 1 aliphatic rings. The van der Waals surface area contributed by atoms with Gasteiger partial charge >= 0.3 is 0 Å². The summed E-state index contributed by atoms with van der Waals surface area (Å²) in [5.41, 5.74) is -0.0555. The maximum atomic E-state index is 12.5. The van der Waals surface area contributed by atoms with Crippen molar-refractivity contribution in [1.82, 2.24) is 9.62 Å². The number of morpholine rings is 1. The lowest BCUT2D eigenvalue weighted by Gasteiger charge is -2.34. The molecule has 0 aliphatic carbocycles. The molecule has 12 heteroatoms. The normalized spacial score (nSPS) is 21.3. The van der Waals surface area contributed by atoms with Crippen molar-refractivity contribution >= 4 is 26.0 Å². The summed E-state index contributed by atoms with van der Waals surface area (Å²) in [4.78, 5) is 12.2. The lowest BCUT2D eigenvalue weighted by atomic mass is 10.2. The van der Waals surface area contributed by atoms with Crippen LogP contribution in [0.3, 0.4) is 0 Å². The molecule has 1 heterocycles. The van der Waals surface area contributed by atoms with Crippen LogP contribution in [0.4, 0.5) is 0 Å². The lowest BCUT2D eigenvalue weighted by molar-refractivity contribution is -0.0440. The van der Waals surface area contributed by atoms with E-state index in [1.54, 1.807) is 13.8 Å². The number of benzene rings is 1. The Kier molecular flexibility index (Phi) is 7.04. The van der Waals surface area contributed by atoms with E-state index in [4.69, 9.17) is 14.6 Å². The molecule has 0 radical (unpaired) electrons. The number of sulfonamides is 2. The molecular weight excluding hydrogens is 410 g/mol. The second-order valence-corrected chi connectivity index (χ2v) is 10.2. The second-order valence-electron chi connectivity index (χ2n) is 6.55. The fraction of sp³-hybridized carbons (Fsp3) is 0.562. The molecule has 3 N–H and O–H groups in total. The zero-order valence-corrected chi connectivity index (χ0v) is 17.5. The van der Waals surface area contributed by atoms with Gasteiger partial charge in [0.2, 0.25) is 20.0 Å². The van der Waals surface area contributed by atoms with Gasteiger partial charge in [-0.25, -0.2) is 22.0 Å². The van der Waals surface area contributed by atoms with E-state index in [1.807, 2.05) is 0 Å². The van der Waals surface area contributed by atoms with Crippen molar-refractivity contribution in [3.63, 3.8) is 0 Å². The Bertz CT molecular complexity index is 922. The van der Waals surface area contributed by atoms with Crippen LogP contribution in [0.1, 0.15) is 24.2 Å². The van der Waals surface area contributed by atoms with E-state index in [0.717, 1.165) is 6.07 Å². The predicted octanol–water partition coefficient (Wildman–Crippen LogP) is -0.489. The van der Waals surface area contributed by atoms with Gasteiger partial charge in [0.15, 0.2) is 0 Å². The predicted molar refractivity (Wildman–Crippen MR) is 102 cm³/mol. The molecule has 0 spiro atoms. The van der Waals surface area contributed by atoms with Crippen molar-refractivity contribution in [1.29, 1.82) is 0 Å². The first kappa shape index (κ1) is 22.6. The number of amides is 1. The smallest absolute Gasteiger partial charge is 0.255 e. The Balaban J connectivity index is 2.06. The summed E-state index contributed by atoms with van der Waals surface area (Å²) in [6.07, 6.45) is -0.420. The molecule has 0 saturated carbocycles. The van der Waals surface area contributed by atoms with Gasteiger partial charge in [0.1, 0.15) is 5.75 Å². The van der Waals surface area contributed by atoms with Gasteiger partial charge in [0.25, 0.3) is 5.91 Å². The second kappa shape index (κ2) is 8.74. The van der Waals surface area contributed by atoms with Gasteiger partial charge in [0, 0.05) is 19.6 Å². The number of rotatable bonds is 7. The van der Waals surface area contributed by atoms with Crippen molar-refractivity contribution in [2.75, 3.05) is 32.5 Å². The van der Waals surface area contributed by atoms with Crippen molar-refractivity contribution in [2.45, 2.75) is 31.0 Å². The SMILES string of the molecule is COc1ccc(S(N)(=O)=O)cc1C(=O)NCCS(=O)(=O)N1CC(C)OC(C)C1. The molecule has 1 aromatic rings. The number of carbonyl (C=O) groups excluding carboxylic acids is 1. The highest BCUT2D eigenvalue weighted by Crippen LogP contribution is 2.22. The molecule has 1 fully saturated rings. The molecule has 1 aromatic carbocycles. The Morgan fingerprint density at radius 1 is 1.25 bits per heavy atom. The number of methoxy groups -OCH3 is 1. The third kappa shape index (κ3) is 5.64. The fourth-order valence-electron chi connectivity index (χ4n) is 2.92. The fourth-order valence-corrected chi connectivity index (χ4v) is 4.95. The highest BCUT2D eigenvalue weighted by atomic mass is 32.2. The monoisotopic (exact) mass is 435 g/mol. The number of nitrogens with two attached hydrogens (primary N) is 1. The van der Waals surface area contributed by atoms with E-state index in [1.165, 1.54) is 23.5 Å². The van der Waals surface area contributed by atoms with Crippen LogP contribution in [0.15, 0.2) is 23.1 Å². The van der Waals surface area contributed by atoms with Crippen molar-refractivity contribution in [3.05, 3.63) is 23.8 Å². The molecule has 2 atom stereocenters. The molecule has 10 nitrogen and oxygen atoms in total. The molecule has 0 bridgehead atoms. The highest BCUT2D eigenvalue weighted by Gasteiger charge is 2.30. The highest BCUT2D eigenvalue weighted by molar-refractivity contribution is 7.89. The van der Waals surface area contributed by atoms with Crippen LogP contribution in [0, 0.1) is 0 Å². The van der Waals surface area contributed by atoms with Gasteiger partial charge in [-0.05, 0) is 32.0 Å². The Hall–Kier alpha value is -1.73. The summed E-state index contributed by atoms with van der Waals surface area (Å²) in [5.74, 6) is -0.820. The van der Waals surface area contributed by atoms with Crippen LogP contribution >= 0.6 is 0 Å². The first-order valence-corrected chi connectivity index (χ1v) is 11.7. The molecule has 1 amide bonds. The van der Waals surface area contributed by atoms with Gasteiger partial charge in [-0.3, -0.25) is 4.79 Å². The Morgan fingerprint density at radius 3 is 2.39 bits per heavy atom. The number of nitrogens with one attached hydrogen (secondary N) is 1. The van der Waals surface area contributed by atoms with Crippen molar-refractivity contribution < 1.29 is 31.1 Å².